The van der Waals surface area contributed by atoms with Crippen LogP contribution >= 0.6 is 0 Å². The summed E-state index contributed by atoms with van der Waals surface area (Å²) >= 11 is 0. The van der Waals surface area contributed by atoms with E-state index in [-0.39, 0.29) is 0 Å². The molecule has 0 unspecified atom stereocenters. The molecule has 0 amide bonds. The van der Waals surface area contributed by atoms with Crippen LogP contribution in [0.5, 0.6) is 0 Å². The molecular formula is C14H28. The molecule has 0 saturated heterocycles. The maximum atomic E-state index is 2.41. The Labute approximate surface area is 90.5 Å². The Morgan fingerprint density at radius 1 is 1.00 bits per heavy atom. The highest BCUT2D eigenvalue weighted by Crippen LogP contribution is 2.31. The maximum Gasteiger partial charge on any atom is -0.0414 e. The van der Waals surface area contributed by atoms with Crippen molar-refractivity contribution in [2.24, 2.45) is 17.8 Å². The molecule has 0 N–H and O–H groups in total. The number of hydrogen-bond acceptors (Lipinski definition) is 0. The van der Waals surface area contributed by atoms with E-state index in [4.69, 9.17) is 0 Å². The lowest BCUT2D eigenvalue weighted by atomic mass is 9.80. The SMILES string of the molecule is CC(C)CCCCC1CCC(C)CC1. The van der Waals surface area contributed by atoms with Gasteiger partial charge in [-0.2, -0.15) is 0 Å². The van der Waals surface area contributed by atoms with Gasteiger partial charge in [0.05, 0.1) is 0 Å². The molecule has 0 aromatic heterocycles. The monoisotopic (exact) mass is 196 g/mol. The van der Waals surface area contributed by atoms with Gasteiger partial charge in [0.25, 0.3) is 0 Å². The van der Waals surface area contributed by atoms with E-state index in [9.17, 15) is 0 Å². The van der Waals surface area contributed by atoms with E-state index in [1.807, 2.05) is 0 Å². The molecule has 1 fully saturated rings. The van der Waals surface area contributed by atoms with E-state index in [0.717, 1.165) is 17.8 Å². The average molecular weight is 196 g/mol. The lowest BCUT2D eigenvalue weighted by molar-refractivity contribution is 0.270. The summed E-state index contributed by atoms with van der Waals surface area (Å²) in [5.41, 5.74) is 0. The summed E-state index contributed by atoms with van der Waals surface area (Å²) in [4.78, 5) is 0. The van der Waals surface area contributed by atoms with E-state index in [1.54, 1.807) is 0 Å². The minimum Gasteiger partial charge on any atom is -0.0628 e. The Balaban J connectivity index is 1.96. The number of rotatable bonds is 5. The topological polar surface area (TPSA) is 0 Å². The van der Waals surface area contributed by atoms with Crippen LogP contribution in [0.1, 0.15) is 72.1 Å². The highest BCUT2D eigenvalue weighted by Gasteiger charge is 2.17. The lowest BCUT2D eigenvalue weighted by Crippen LogP contribution is -2.12. The van der Waals surface area contributed by atoms with Gasteiger partial charge in [0, 0.05) is 0 Å². The maximum absolute atomic E-state index is 2.41. The van der Waals surface area contributed by atoms with E-state index < -0.39 is 0 Å². The van der Waals surface area contributed by atoms with Crippen LogP contribution in [0, 0.1) is 17.8 Å². The summed E-state index contributed by atoms with van der Waals surface area (Å²) < 4.78 is 0. The second-order valence-corrected chi connectivity index (χ2v) is 5.80. The summed E-state index contributed by atoms with van der Waals surface area (Å²) in [6, 6.07) is 0. The smallest absolute Gasteiger partial charge is 0.0414 e. The first-order valence-corrected chi connectivity index (χ1v) is 6.68. The van der Waals surface area contributed by atoms with E-state index in [1.165, 1.54) is 51.4 Å². The summed E-state index contributed by atoms with van der Waals surface area (Å²) in [7, 11) is 0. The van der Waals surface area contributed by atoms with Gasteiger partial charge in [0.15, 0.2) is 0 Å². The van der Waals surface area contributed by atoms with Gasteiger partial charge in [-0.15, -0.1) is 0 Å². The van der Waals surface area contributed by atoms with Gasteiger partial charge in [-0.3, -0.25) is 0 Å². The molecule has 0 aromatic carbocycles. The first-order valence-electron chi connectivity index (χ1n) is 6.68. The van der Waals surface area contributed by atoms with E-state index in [2.05, 4.69) is 20.8 Å². The van der Waals surface area contributed by atoms with Crippen molar-refractivity contribution in [3.63, 3.8) is 0 Å². The van der Waals surface area contributed by atoms with Crippen molar-refractivity contribution < 1.29 is 0 Å². The van der Waals surface area contributed by atoms with Crippen LogP contribution in [0.2, 0.25) is 0 Å². The molecule has 1 rings (SSSR count). The van der Waals surface area contributed by atoms with Crippen LogP contribution in [0.15, 0.2) is 0 Å². The van der Waals surface area contributed by atoms with Gasteiger partial charge < -0.3 is 0 Å². The predicted octanol–water partition coefficient (Wildman–Crippen LogP) is 5.03. The molecule has 0 aromatic rings. The van der Waals surface area contributed by atoms with Gasteiger partial charge in [-0.1, -0.05) is 72.1 Å². The molecule has 0 spiro atoms. The summed E-state index contributed by atoms with van der Waals surface area (Å²) in [6.07, 6.45) is 11.9. The highest BCUT2D eigenvalue weighted by atomic mass is 14.2. The van der Waals surface area contributed by atoms with Crippen molar-refractivity contribution in [2.75, 3.05) is 0 Å². The minimum atomic E-state index is 0.904. The first-order chi connectivity index (χ1) is 6.68. The Bertz CT molecular complexity index is 129. The van der Waals surface area contributed by atoms with Crippen molar-refractivity contribution in [1.29, 1.82) is 0 Å². The fourth-order valence-corrected chi connectivity index (χ4v) is 2.60. The van der Waals surface area contributed by atoms with Crippen LogP contribution in [-0.2, 0) is 0 Å². The largest absolute Gasteiger partial charge is 0.0628 e. The van der Waals surface area contributed by atoms with Crippen molar-refractivity contribution >= 4 is 0 Å². The van der Waals surface area contributed by atoms with Crippen molar-refractivity contribution in [3.8, 4) is 0 Å². The standard InChI is InChI=1S/C14H28/c1-12(2)6-4-5-7-14-10-8-13(3)9-11-14/h12-14H,4-11H2,1-3H3. The quantitative estimate of drug-likeness (QED) is 0.541. The van der Waals surface area contributed by atoms with Gasteiger partial charge in [-0.25, -0.2) is 0 Å². The molecule has 84 valence electrons. The fourth-order valence-electron chi connectivity index (χ4n) is 2.60. The van der Waals surface area contributed by atoms with Gasteiger partial charge >= 0.3 is 0 Å². The zero-order valence-corrected chi connectivity index (χ0v) is 10.4. The molecule has 0 heterocycles. The van der Waals surface area contributed by atoms with Crippen LogP contribution in [-0.4, -0.2) is 0 Å². The zero-order valence-electron chi connectivity index (χ0n) is 10.4. The number of unbranched alkanes of at least 4 members (excludes halogenated alkanes) is 1. The molecular weight excluding hydrogens is 168 g/mol. The second-order valence-electron chi connectivity index (χ2n) is 5.80. The third-order valence-electron chi connectivity index (χ3n) is 3.78. The average Bonchev–Trinajstić information content (AvgIpc) is 2.15. The summed E-state index contributed by atoms with van der Waals surface area (Å²) in [6.45, 7) is 7.08. The van der Waals surface area contributed by atoms with Crippen LogP contribution in [0.4, 0.5) is 0 Å². The lowest BCUT2D eigenvalue weighted by Gasteiger charge is -2.26. The Morgan fingerprint density at radius 2 is 1.64 bits per heavy atom. The normalized spacial score (nSPS) is 28.3. The summed E-state index contributed by atoms with van der Waals surface area (Å²) in [5, 5.41) is 0. The molecule has 0 nitrogen and oxygen atoms in total. The van der Waals surface area contributed by atoms with Crippen molar-refractivity contribution in [2.45, 2.75) is 72.1 Å². The predicted molar refractivity (Wildman–Crippen MR) is 64.4 cm³/mol. The van der Waals surface area contributed by atoms with Crippen molar-refractivity contribution in [3.05, 3.63) is 0 Å². The molecule has 0 atom stereocenters. The molecule has 1 aliphatic carbocycles. The van der Waals surface area contributed by atoms with Gasteiger partial charge in [-0.05, 0) is 17.8 Å². The Hall–Kier alpha value is 0. The molecule has 0 heteroatoms. The molecule has 14 heavy (non-hydrogen) atoms. The van der Waals surface area contributed by atoms with E-state index in [0.29, 0.717) is 0 Å². The molecule has 0 aliphatic heterocycles. The zero-order chi connectivity index (χ0) is 10.4. The Kier molecular flexibility index (Phi) is 5.59. The fraction of sp³-hybridized carbons (Fsp3) is 1.00. The molecule has 1 saturated carbocycles. The van der Waals surface area contributed by atoms with Crippen LogP contribution in [0.3, 0.4) is 0 Å². The third-order valence-corrected chi connectivity index (χ3v) is 3.78. The molecule has 0 bridgehead atoms. The Morgan fingerprint density at radius 3 is 2.21 bits per heavy atom. The number of hydrogen-bond donors (Lipinski definition) is 0. The molecule has 1 aliphatic rings. The van der Waals surface area contributed by atoms with Gasteiger partial charge in [0.1, 0.15) is 0 Å². The summed E-state index contributed by atoms with van der Waals surface area (Å²) in [5.74, 6) is 3.00. The van der Waals surface area contributed by atoms with Crippen molar-refractivity contribution in [1.82, 2.24) is 0 Å². The van der Waals surface area contributed by atoms with Crippen LogP contribution in [0.25, 0.3) is 0 Å². The van der Waals surface area contributed by atoms with Gasteiger partial charge in [0.2, 0.25) is 0 Å². The first kappa shape index (κ1) is 12.1. The van der Waals surface area contributed by atoms with Crippen LogP contribution < -0.4 is 0 Å². The highest BCUT2D eigenvalue weighted by molar-refractivity contribution is 4.69. The van der Waals surface area contributed by atoms with E-state index >= 15 is 0 Å². The second kappa shape index (κ2) is 6.48. The minimum absolute atomic E-state index is 0.904. The third kappa shape index (κ3) is 5.02. The molecule has 0 radical (unpaired) electrons.